The highest BCUT2D eigenvalue weighted by molar-refractivity contribution is 5.94. The average Bonchev–Trinajstić information content (AvgIpc) is 2.89. The van der Waals surface area contributed by atoms with E-state index in [4.69, 9.17) is 0 Å². The standard InChI is InChI=1S/C13H15N5O2/c1-7-8(4-5-11(19)16-7)18-13(20)10-3-2-9-12(17-10)15-6-14-9/h2-3,6-8H,4-5H2,1H3,(H,16,19)(H,18,20)(H,14,15,17). The molecule has 2 unspecified atom stereocenters. The summed E-state index contributed by atoms with van der Waals surface area (Å²) in [4.78, 5) is 34.6. The van der Waals surface area contributed by atoms with E-state index in [-0.39, 0.29) is 23.9 Å². The molecule has 104 valence electrons. The van der Waals surface area contributed by atoms with Crippen molar-refractivity contribution in [1.29, 1.82) is 0 Å². The summed E-state index contributed by atoms with van der Waals surface area (Å²) in [7, 11) is 0. The van der Waals surface area contributed by atoms with Crippen molar-refractivity contribution >= 4 is 23.0 Å². The van der Waals surface area contributed by atoms with Crippen LogP contribution in [0.3, 0.4) is 0 Å². The molecule has 1 saturated heterocycles. The van der Waals surface area contributed by atoms with Crippen LogP contribution >= 0.6 is 0 Å². The molecule has 20 heavy (non-hydrogen) atoms. The van der Waals surface area contributed by atoms with E-state index in [0.29, 0.717) is 24.2 Å². The predicted molar refractivity (Wildman–Crippen MR) is 72.0 cm³/mol. The first-order valence-electron chi connectivity index (χ1n) is 6.54. The van der Waals surface area contributed by atoms with E-state index in [1.165, 1.54) is 6.33 Å². The van der Waals surface area contributed by atoms with Crippen LogP contribution in [0.25, 0.3) is 11.2 Å². The number of fused-ring (bicyclic) bond motifs is 1. The average molecular weight is 273 g/mol. The largest absolute Gasteiger partial charge is 0.352 e. The normalized spacial score (nSPS) is 22.6. The van der Waals surface area contributed by atoms with Crippen molar-refractivity contribution in [3.8, 4) is 0 Å². The molecule has 0 aliphatic carbocycles. The Morgan fingerprint density at radius 1 is 1.45 bits per heavy atom. The Kier molecular flexibility index (Phi) is 3.09. The smallest absolute Gasteiger partial charge is 0.270 e. The van der Waals surface area contributed by atoms with Crippen LogP contribution in [0.2, 0.25) is 0 Å². The number of carbonyl (C=O) groups is 2. The van der Waals surface area contributed by atoms with Crippen molar-refractivity contribution < 1.29 is 9.59 Å². The Morgan fingerprint density at radius 3 is 3.10 bits per heavy atom. The Bertz CT molecular complexity index is 666. The van der Waals surface area contributed by atoms with Gasteiger partial charge in [-0.1, -0.05) is 0 Å². The minimum Gasteiger partial charge on any atom is -0.352 e. The summed E-state index contributed by atoms with van der Waals surface area (Å²) in [6, 6.07) is 3.28. The second-order valence-electron chi connectivity index (χ2n) is 4.95. The zero-order chi connectivity index (χ0) is 14.1. The minimum absolute atomic E-state index is 0.0269. The van der Waals surface area contributed by atoms with Crippen molar-refractivity contribution in [1.82, 2.24) is 25.6 Å². The Balaban J connectivity index is 1.73. The van der Waals surface area contributed by atoms with Gasteiger partial charge in [0, 0.05) is 18.5 Å². The first-order chi connectivity index (χ1) is 9.63. The van der Waals surface area contributed by atoms with E-state index in [0.717, 1.165) is 5.52 Å². The maximum atomic E-state index is 12.2. The van der Waals surface area contributed by atoms with E-state index in [1.807, 2.05) is 6.92 Å². The summed E-state index contributed by atoms with van der Waals surface area (Å²) in [5, 5.41) is 5.73. The Labute approximate surface area is 115 Å². The number of nitrogens with zero attached hydrogens (tertiary/aromatic N) is 2. The van der Waals surface area contributed by atoms with Crippen LogP contribution in [-0.2, 0) is 4.79 Å². The summed E-state index contributed by atoms with van der Waals surface area (Å²) in [6.45, 7) is 1.88. The molecule has 1 aliphatic rings. The molecule has 3 rings (SSSR count). The number of aromatic nitrogens is 3. The fourth-order valence-corrected chi connectivity index (χ4v) is 2.35. The molecule has 0 radical (unpaired) electrons. The number of H-pyrrole nitrogens is 1. The third kappa shape index (κ3) is 2.34. The number of rotatable bonds is 2. The van der Waals surface area contributed by atoms with Gasteiger partial charge in [-0.15, -0.1) is 0 Å². The van der Waals surface area contributed by atoms with E-state index < -0.39 is 0 Å². The molecule has 1 aliphatic heterocycles. The van der Waals surface area contributed by atoms with Crippen LogP contribution < -0.4 is 10.6 Å². The van der Waals surface area contributed by atoms with Crippen molar-refractivity contribution in [2.24, 2.45) is 0 Å². The fraction of sp³-hybridized carbons (Fsp3) is 0.385. The zero-order valence-corrected chi connectivity index (χ0v) is 11.0. The second kappa shape index (κ2) is 4.92. The van der Waals surface area contributed by atoms with Crippen LogP contribution in [0, 0.1) is 0 Å². The molecule has 0 bridgehead atoms. The van der Waals surface area contributed by atoms with Crippen molar-refractivity contribution in [2.45, 2.75) is 31.8 Å². The number of amides is 2. The third-order valence-electron chi connectivity index (χ3n) is 3.51. The first kappa shape index (κ1) is 12.6. The Hall–Kier alpha value is -2.44. The molecule has 7 nitrogen and oxygen atoms in total. The molecule has 2 atom stereocenters. The van der Waals surface area contributed by atoms with Gasteiger partial charge >= 0.3 is 0 Å². The van der Waals surface area contributed by atoms with Crippen molar-refractivity contribution in [3.05, 3.63) is 24.2 Å². The van der Waals surface area contributed by atoms with Gasteiger partial charge in [0.25, 0.3) is 5.91 Å². The number of hydrogen-bond acceptors (Lipinski definition) is 4. The first-order valence-corrected chi connectivity index (χ1v) is 6.54. The number of nitrogens with one attached hydrogen (secondary N) is 3. The van der Waals surface area contributed by atoms with Crippen molar-refractivity contribution in [3.63, 3.8) is 0 Å². The van der Waals surface area contributed by atoms with Gasteiger partial charge in [-0.3, -0.25) is 9.59 Å². The Morgan fingerprint density at radius 2 is 2.30 bits per heavy atom. The lowest BCUT2D eigenvalue weighted by molar-refractivity contribution is -0.123. The summed E-state index contributed by atoms with van der Waals surface area (Å²) in [6.07, 6.45) is 2.61. The van der Waals surface area contributed by atoms with Gasteiger partial charge < -0.3 is 15.6 Å². The van der Waals surface area contributed by atoms with Gasteiger partial charge in [-0.05, 0) is 25.5 Å². The van der Waals surface area contributed by atoms with Gasteiger partial charge in [0.15, 0.2) is 5.65 Å². The number of pyridine rings is 1. The van der Waals surface area contributed by atoms with E-state index >= 15 is 0 Å². The van der Waals surface area contributed by atoms with E-state index in [2.05, 4.69) is 25.6 Å². The molecule has 7 heteroatoms. The highest BCUT2D eigenvalue weighted by atomic mass is 16.2. The maximum Gasteiger partial charge on any atom is 0.270 e. The molecular weight excluding hydrogens is 258 g/mol. The van der Waals surface area contributed by atoms with Gasteiger partial charge in [-0.2, -0.15) is 0 Å². The topological polar surface area (TPSA) is 99.8 Å². The van der Waals surface area contributed by atoms with Crippen LogP contribution in [0.15, 0.2) is 18.5 Å². The summed E-state index contributed by atoms with van der Waals surface area (Å²) < 4.78 is 0. The van der Waals surface area contributed by atoms with Crippen molar-refractivity contribution in [2.75, 3.05) is 0 Å². The molecule has 1 fully saturated rings. The number of aromatic amines is 1. The van der Waals surface area contributed by atoms with Gasteiger partial charge in [0.1, 0.15) is 5.69 Å². The fourth-order valence-electron chi connectivity index (χ4n) is 2.35. The number of imidazole rings is 1. The molecule has 0 saturated carbocycles. The van der Waals surface area contributed by atoms with Gasteiger partial charge in [0.2, 0.25) is 5.91 Å². The van der Waals surface area contributed by atoms with Crippen LogP contribution in [0.4, 0.5) is 0 Å². The number of hydrogen-bond donors (Lipinski definition) is 3. The molecule has 0 spiro atoms. The highest BCUT2D eigenvalue weighted by Crippen LogP contribution is 2.11. The summed E-state index contributed by atoms with van der Waals surface area (Å²) in [5.74, 6) is -0.220. The van der Waals surface area contributed by atoms with E-state index in [1.54, 1.807) is 12.1 Å². The number of carbonyl (C=O) groups excluding carboxylic acids is 2. The molecule has 2 aromatic heterocycles. The van der Waals surface area contributed by atoms with Crippen LogP contribution in [0.1, 0.15) is 30.3 Å². The maximum absolute atomic E-state index is 12.2. The summed E-state index contributed by atoms with van der Waals surface area (Å²) >= 11 is 0. The quantitative estimate of drug-likeness (QED) is 0.735. The molecule has 2 amide bonds. The molecular formula is C13H15N5O2. The molecule has 3 heterocycles. The number of piperidine rings is 1. The second-order valence-corrected chi connectivity index (χ2v) is 4.95. The van der Waals surface area contributed by atoms with Crippen LogP contribution in [-0.4, -0.2) is 38.8 Å². The molecule has 0 aromatic carbocycles. The predicted octanol–water partition coefficient (Wildman–Crippen LogP) is 0.355. The lowest BCUT2D eigenvalue weighted by atomic mass is 9.99. The molecule has 3 N–H and O–H groups in total. The van der Waals surface area contributed by atoms with Crippen LogP contribution in [0.5, 0.6) is 0 Å². The van der Waals surface area contributed by atoms with Gasteiger partial charge in [0.05, 0.1) is 11.8 Å². The highest BCUT2D eigenvalue weighted by Gasteiger charge is 2.27. The minimum atomic E-state index is -0.247. The van der Waals surface area contributed by atoms with E-state index in [9.17, 15) is 9.59 Å². The lowest BCUT2D eigenvalue weighted by Gasteiger charge is -2.30. The summed E-state index contributed by atoms with van der Waals surface area (Å²) in [5.41, 5.74) is 1.64. The SMILES string of the molecule is CC1NC(=O)CCC1NC(=O)c1ccc2[nH]cnc2n1. The zero-order valence-electron chi connectivity index (χ0n) is 11.0. The third-order valence-corrected chi connectivity index (χ3v) is 3.51. The van der Waals surface area contributed by atoms with Gasteiger partial charge in [-0.25, -0.2) is 9.97 Å². The molecule has 2 aromatic rings. The monoisotopic (exact) mass is 273 g/mol. The lowest BCUT2D eigenvalue weighted by Crippen LogP contribution is -2.54.